The third-order valence-electron chi connectivity index (χ3n) is 13.0. The molecule has 0 aliphatic rings. The monoisotopic (exact) mass is 977 g/mol. The zero-order valence-electron chi connectivity index (χ0n) is 45.6. The first-order valence-electron chi connectivity index (χ1n) is 29.0. The van der Waals surface area contributed by atoms with Crippen LogP contribution >= 0.6 is 7.82 Å². The topological polar surface area (TPSA) is 108 Å². The zero-order valence-corrected chi connectivity index (χ0v) is 46.5. The van der Waals surface area contributed by atoms with Gasteiger partial charge >= 0.3 is 0 Å². The van der Waals surface area contributed by atoms with Gasteiger partial charge in [0, 0.05) is 6.42 Å². The van der Waals surface area contributed by atoms with Gasteiger partial charge in [-0.3, -0.25) is 9.36 Å². The van der Waals surface area contributed by atoms with Crippen molar-refractivity contribution in [2.75, 3.05) is 40.9 Å². The van der Waals surface area contributed by atoms with E-state index < -0.39 is 26.6 Å². The van der Waals surface area contributed by atoms with Crippen molar-refractivity contribution >= 4 is 13.7 Å². The lowest BCUT2D eigenvalue weighted by Crippen LogP contribution is -2.45. The molecule has 2 N–H and O–H groups in total. The number of aliphatic hydroxyl groups excluding tert-OH is 1. The summed E-state index contributed by atoms with van der Waals surface area (Å²) in [7, 11) is 1.23. The summed E-state index contributed by atoms with van der Waals surface area (Å²) in [5.41, 5.74) is 0. The summed E-state index contributed by atoms with van der Waals surface area (Å²) in [6, 6.07) is -0.915. The number of hydrogen-bond acceptors (Lipinski definition) is 6. The highest BCUT2D eigenvalue weighted by atomic mass is 31.2. The Hall–Kier alpha value is -1.54. The van der Waals surface area contributed by atoms with E-state index in [-0.39, 0.29) is 12.5 Å². The summed E-state index contributed by atoms with van der Waals surface area (Å²) >= 11 is 0. The maximum Gasteiger partial charge on any atom is 0.268 e. The molecule has 0 spiro atoms. The van der Waals surface area contributed by atoms with Crippen LogP contribution in [-0.2, 0) is 18.4 Å². The first-order chi connectivity index (χ1) is 33.0. The average Bonchev–Trinajstić information content (AvgIpc) is 3.30. The van der Waals surface area contributed by atoms with Gasteiger partial charge in [0.25, 0.3) is 7.82 Å². The molecular formula is C59H113N2O6P. The third kappa shape index (κ3) is 52.3. The van der Waals surface area contributed by atoms with Gasteiger partial charge in [-0.1, -0.05) is 242 Å². The fraction of sp³-hybridized carbons (Fsp3) is 0.847. The van der Waals surface area contributed by atoms with Crippen molar-refractivity contribution in [3.05, 3.63) is 48.6 Å². The minimum Gasteiger partial charge on any atom is -0.756 e. The lowest BCUT2D eigenvalue weighted by atomic mass is 10.0. The summed E-state index contributed by atoms with van der Waals surface area (Å²) in [6.45, 7) is 4.63. The Morgan fingerprint density at radius 1 is 0.500 bits per heavy atom. The Bertz CT molecular complexity index is 1250. The molecule has 0 rings (SSSR count). The van der Waals surface area contributed by atoms with Gasteiger partial charge in [0.1, 0.15) is 13.2 Å². The number of hydrogen-bond donors (Lipinski definition) is 2. The number of likely N-dealkylation sites (N-methyl/N-ethyl adjacent to an activating group) is 1. The minimum absolute atomic E-state index is 0.0112. The maximum atomic E-state index is 12.9. The van der Waals surface area contributed by atoms with Crippen LogP contribution in [0.1, 0.15) is 271 Å². The molecule has 0 fully saturated rings. The fourth-order valence-electron chi connectivity index (χ4n) is 8.42. The van der Waals surface area contributed by atoms with Gasteiger partial charge in [-0.15, -0.1) is 0 Å². The number of nitrogens with zero attached hydrogens (tertiary/aromatic N) is 1. The minimum atomic E-state index is -4.61. The van der Waals surface area contributed by atoms with E-state index in [1.54, 1.807) is 6.08 Å². The van der Waals surface area contributed by atoms with Crippen molar-refractivity contribution in [1.29, 1.82) is 0 Å². The molecule has 0 aromatic heterocycles. The Morgan fingerprint density at radius 3 is 1.19 bits per heavy atom. The highest BCUT2D eigenvalue weighted by Crippen LogP contribution is 2.38. The molecule has 0 bridgehead atoms. The molecule has 1 amide bonds. The number of quaternary nitrogens is 1. The quantitative estimate of drug-likeness (QED) is 0.0272. The lowest BCUT2D eigenvalue weighted by molar-refractivity contribution is -0.870. The molecule has 0 saturated heterocycles. The predicted molar refractivity (Wildman–Crippen MR) is 293 cm³/mol. The Balaban J connectivity index is 4.20. The van der Waals surface area contributed by atoms with Crippen LogP contribution in [0.3, 0.4) is 0 Å². The second-order valence-electron chi connectivity index (χ2n) is 21.0. The Labute approximate surface area is 422 Å². The largest absolute Gasteiger partial charge is 0.756 e. The van der Waals surface area contributed by atoms with E-state index in [9.17, 15) is 19.4 Å². The summed E-state index contributed by atoms with van der Waals surface area (Å²) in [5, 5.41) is 13.8. The van der Waals surface area contributed by atoms with E-state index in [4.69, 9.17) is 9.05 Å². The fourth-order valence-corrected chi connectivity index (χ4v) is 9.14. The molecule has 0 aromatic carbocycles. The summed E-state index contributed by atoms with van der Waals surface area (Å²) in [4.78, 5) is 25.4. The maximum absolute atomic E-state index is 12.9. The average molecular weight is 978 g/mol. The summed E-state index contributed by atoms with van der Waals surface area (Å²) < 4.78 is 23.3. The zero-order chi connectivity index (χ0) is 49.9. The van der Waals surface area contributed by atoms with Gasteiger partial charge in [0.15, 0.2) is 0 Å². The number of aliphatic hydroxyl groups is 1. The number of unbranched alkanes of at least 4 members (excludes halogenated alkanes) is 34. The van der Waals surface area contributed by atoms with Crippen molar-refractivity contribution in [3.63, 3.8) is 0 Å². The smallest absolute Gasteiger partial charge is 0.268 e. The van der Waals surface area contributed by atoms with E-state index >= 15 is 0 Å². The van der Waals surface area contributed by atoms with Crippen LogP contribution in [0.25, 0.3) is 0 Å². The third-order valence-corrected chi connectivity index (χ3v) is 14.0. The van der Waals surface area contributed by atoms with Crippen molar-refractivity contribution in [1.82, 2.24) is 5.32 Å². The molecule has 0 aromatic rings. The van der Waals surface area contributed by atoms with Gasteiger partial charge in [-0.2, -0.15) is 0 Å². The van der Waals surface area contributed by atoms with Crippen LogP contribution in [-0.4, -0.2) is 68.5 Å². The molecule has 9 heteroatoms. The standard InChI is InChI=1S/C59H113N2O6P/c1-6-8-10-12-14-16-18-20-22-23-24-25-26-27-28-29-30-31-32-33-34-35-36-37-39-40-42-44-46-48-50-52-58(62)57(56-67-68(64,65)66-55-54-61(3,4)5)60-59(63)53-51-49-47-45-43-41-38-21-19-17-15-13-11-9-7-2/h21,36-38,42,44,50,52,57-58,62H,6-20,22-35,39-41,43,45-49,51,53-56H2,1-5H3,(H-,60,63,64,65)/b37-36+,38-21-,44-42+,52-50+. The van der Waals surface area contributed by atoms with E-state index in [0.29, 0.717) is 17.4 Å². The number of carbonyl (C=O) groups excluding carboxylic acids is 1. The molecule has 0 heterocycles. The van der Waals surface area contributed by atoms with Crippen LogP contribution in [0.4, 0.5) is 0 Å². The molecule has 0 aliphatic carbocycles. The first kappa shape index (κ1) is 66.5. The van der Waals surface area contributed by atoms with Crippen LogP contribution < -0.4 is 10.2 Å². The van der Waals surface area contributed by atoms with E-state index in [2.05, 4.69) is 55.6 Å². The van der Waals surface area contributed by atoms with Crippen LogP contribution in [0.15, 0.2) is 48.6 Å². The van der Waals surface area contributed by atoms with Crippen LogP contribution in [0.2, 0.25) is 0 Å². The number of phosphoric ester groups is 1. The highest BCUT2D eigenvalue weighted by Gasteiger charge is 2.23. The summed E-state index contributed by atoms with van der Waals surface area (Å²) in [6.07, 6.45) is 66.4. The van der Waals surface area contributed by atoms with Crippen molar-refractivity contribution in [2.24, 2.45) is 0 Å². The molecule has 68 heavy (non-hydrogen) atoms. The molecule has 8 nitrogen and oxygen atoms in total. The first-order valence-corrected chi connectivity index (χ1v) is 30.5. The second-order valence-corrected chi connectivity index (χ2v) is 22.4. The number of rotatable bonds is 53. The molecule has 3 atom stereocenters. The van der Waals surface area contributed by atoms with Gasteiger partial charge in [0.05, 0.1) is 39.9 Å². The normalized spacial score (nSPS) is 14.3. The number of allylic oxidation sites excluding steroid dienone is 7. The Morgan fingerprint density at radius 2 is 0.824 bits per heavy atom. The van der Waals surface area contributed by atoms with Gasteiger partial charge in [-0.05, 0) is 70.6 Å². The van der Waals surface area contributed by atoms with Crippen LogP contribution in [0.5, 0.6) is 0 Å². The SMILES string of the molecule is CCCCCCCC/C=C\CCCCCCCC(=O)NC(COP(=O)([O-])OCC[N+](C)(C)C)C(O)/C=C/CC/C=C/CC/C=C/CCCCCCCCCCCCCCCCCCCCCCC. The molecule has 0 radical (unpaired) electrons. The van der Waals surface area contributed by atoms with Crippen molar-refractivity contribution < 1.29 is 32.9 Å². The second kappa shape index (κ2) is 50.4. The molecule has 0 aliphatic heterocycles. The van der Waals surface area contributed by atoms with Crippen molar-refractivity contribution in [3.8, 4) is 0 Å². The van der Waals surface area contributed by atoms with E-state index in [1.807, 2.05) is 27.2 Å². The number of phosphoric acid groups is 1. The number of nitrogens with one attached hydrogen (secondary N) is 1. The Kier molecular flexibility index (Phi) is 49.3. The number of carbonyl (C=O) groups is 1. The highest BCUT2D eigenvalue weighted by molar-refractivity contribution is 7.45. The molecular weight excluding hydrogens is 864 g/mol. The van der Waals surface area contributed by atoms with Gasteiger partial charge in [-0.25, -0.2) is 0 Å². The molecule has 400 valence electrons. The van der Waals surface area contributed by atoms with Gasteiger partial charge < -0.3 is 28.8 Å². The van der Waals surface area contributed by atoms with Crippen molar-refractivity contribution in [2.45, 2.75) is 283 Å². The van der Waals surface area contributed by atoms with E-state index in [1.165, 1.54) is 186 Å². The lowest BCUT2D eigenvalue weighted by Gasteiger charge is -2.29. The van der Waals surface area contributed by atoms with Gasteiger partial charge in [0.2, 0.25) is 5.91 Å². The summed E-state index contributed by atoms with van der Waals surface area (Å²) in [5.74, 6) is -0.219. The molecule has 3 unspecified atom stereocenters. The van der Waals surface area contributed by atoms with E-state index in [0.717, 1.165) is 64.2 Å². The van der Waals surface area contributed by atoms with Crippen LogP contribution in [0, 0.1) is 0 Å². The molecule has 0 saturated carbocycles. The number of amides is 1. The predicted octanol–water partition coefficient (Wildman–Crippen LogP) is 16.9.